The second kappa shape index (κ2) is 7.69. The summed E-state index contributed by atoms with van der Waals surface area (Å²) in [5, 5.41) is 5.93. The standard InChI is InChI=1S/C14H22N2O4/c1-5-8-15-13(17)10(3)16-9(2)11-6-7-12(20-11)14(18)19-4/h6-7,9-10,16H,5,8H2,1-4H3,(H,15,17). The molecular formula is C14H22N2O4. The van der Waals surface area contributed by atoms with E-state index in [1.165, 1.54) is 7.11 Å². The van der Waals surface area contributed by atoms with Gasteiger partial charge in [-0.2, -0.15) is 0 Å². The van der Waals surface area contributed by atoms with E-state index in [1.807, 2.05) is 13.8 Å². The van der Waals surface area contributed by atoms with E-state index in [0.29, 0.717) is 12.3 Å². The molecule has 0 aliphatic carbocycles. The molecule has 2 N–H and O–H groups in total. The SMILES string of the molecule is CCCNC(=O)C(C)NC(C)c1ccc(C(=O)OC)o1. The first kappa shape index (κ1) is 16.2. The van der Waals surface area contributed by atoms with Gasteiger partial charge in [-0.3, -0.25) is 10.1 Å². The second-order valence-corrected chi connectivity index (χ2v) is 4.59. The quantitative estimate of drug-likeness (QED) is 0.743. The molecule has 112 valence electrons. The minimum atomic E-state index is -0.516. The van der Waals surface area contributed by atoms with Crippen LogP contribution in [0.15, 0.2) is 16.5 Å². The highest BCUT2D eigenvalue weighted by atomic mass is 16.5. The van der Waals surface area contributed by atoms with Crippen molar-refractivity contribution in [1.29, 1.82) is 0 Å². The van der Waals surface area contributed by atoms with Gasteiger partial charge in [0.05, 0.1) is 19.2 Å². The fraction of sp³-hybridized carbons (Fsp3) is 0.571. The maximum atomic E-state index is 11.8. The summed E-state index contributed by atoms with van der Waals surface area (Å²) in [5.41, 5.74) is 0. The van der Waals surface area contributed by atoms with E-state index in [9.17, 15) is 9.59 Å². The summed E-state index contributed by atoms with van der Waals surface area (Å²) < 4.78 is 9.97. The Morgan fingerprint density at radius 2 is 2.05 bits per heavy atom. The molecule has 0 saturated heterocycles. The first-order valence-corrected chi connectivity index (χ1v) is 6.71. The lowest BCUT2D eigenvalue weighted by Gasteiger charge is -2.18. The van der Waals surface area contributed by atoms with Gasteiger partial charge in [0.1, 0.15) is 5.76 Å². The third-order valence-electron chi connectivity index (χ3n) is 2.88. The minimum absolute atomic E-state index is 0.0570. The molecule has 0 spiro atoms. The third-order valence-corrected chi connectivity index (χ3v) is 2.88. The maximum Gasteiger partial charge on any atom is 0.373 e. The number of carbonyl (C=O) groups is 2. The molecule has 0 aromatic carbocycles. The Hall–Kier alpha value is -1.82. The highest BCUT2D eigenvalue weighted by Crippen LogP contribution is 2.17. The van der Waals surface area contributed by atoms with Crippen LogP contribution in [-0.4, -0.2) is 31.6 Å². The van der Waals surface area contributed by atoms with Crippen LogP contribution in [-0.2, 0) is 9.53 Å². The number of hydrogen-bond donors (Lipinski definition) is 2. The fourth-order valence-electron chi connectivity index (χ4n) is 1.73. The summed E-state index contributed by atoms with van der Waals surface area (Å²) >= 11 is 0. The van der Waals surface area contributed by atoms with Crippen molar-refractivity contribution in [3.8, 4) is 0 Å². The smallest absolute Gasteiger partial charge is 0.373 e. The molecule has 0 radical (unpaired) electrons. The monoisotopic (exact) mass is 282 g/mol. The molecule has 2 unspecified atom stereocenters. The molecular weight excluding hydrogens is 260 g/mol. The molecule has 2 atom stereocenters. The van der Waals surface area contributed by atoms with Crippen molar-refractivity contribution in [2.75, 3.05) is 13.7 Å². The molecule has 0 bridgehead atoms. The minimum Gasteiger partial charge on any atom is -0.463 e. The van der Waals surface area contributed by atoms with Gasteiger partial charge < -0.3 is 14.5 Å². The Bertz CT molecular complexity index is 456. The number of rotatable bonds is 7. The molecule has 20 heavy (non-hydrogen) atoms. The number of hydrogen-bond acceptors (Lipinski definition) is 5. The van der Waals surface area contributed by atoms with Gasteiger partial charge in [0.2, 0.25) is 11.7 Å². The number of furan rings is 1. The lowest BCUT2D eigenvalue weighted by Crippen LogP contribution is -2.43. The van der Waals surface area contributed by atoms with Crippen molar-refractivity contribution in [1.82, 2.24) is 10.6 Å². The first-order valence-electron chi connectivity index (χ1n) is 6.71. The van der Waals surface area contributed by atoms with Crippen molar-refractivity contribution >= 4 is 11.9 Å². The summed E-state index contributed by atoms with van der Waals surface area (Å²) in [5.74, 6) is 0.162. The summed E-state index contributed by atoms with van der Waals surface area (Å²) in [6, 6.07) is 2.72. The number of ether oxygens (including phenoxy) is 1. The van der Waals surface area contributed by atoms with Crippen LogP contribution in [0.5, 0.6) is 0 Å². The predicted molar refractivity (Wildman–Crippen MR) is 74.4 cm³/mol. The molecule has 1 amide bonds. The average molecular weight is 282 g/mol. The molecule has 1 aromatic rings. The summed E-state index contributed by atoms with van der Waals surface area (Å²) in [6.07, 6.45) is 0.898. The maximum absolute atomic E-state index is 11.8. The molecule has 1 aromatic heterocycles. The van der Waals surface area contributed by atoms with Crippen LogP contribution in [0.1, 0.15) is 49.5 Å². The highest BCUT2D eigenvalue weighted by molar-refractivity contribution is 5.86. The van der Waals surface area contributed by atoms with Crippen molar-refractivity contribution < 1.29 is 18.7 Å². The van der Waals surface area contributed by atoms with E-state index in [2.05, 4.69) is 15.4 Å². The zero-order chi connectivity index (χ0) is 15.1. The Kier molecular flexibility index (Phi) is 6.24. The van der Waals surface area contributed by atoms with Crippen LogP contribution < -0.4 is 10.6 Å². The Morgan fingerprint density at radius 3 is 2.65 bits per heavy atom. The summed E-state index contributed by atoms with van der Waals surface area (Å²) in [7, 11) is 1.30. The van der Waals surface area contributed by atoms with Gasteiger partial charge in [0, 0.05) is 6.54 Å². The van der Waals surface area contributed by atoms with E-state index >= 15 is 0 Å². The van der Waals surface area contributed by atoms with Crippen molar-refractivity contribution in [2.45, 2.75) is 39.3 Å². The number of nitrogens with one attached hydrogen (secondary N) is 2. The van der Waals surface area contributed by atoms with Crippen LogP contribution in [0, 0.1) is 0 Å². The Labute approximate surface area is 118 Å². The van der Waals surface area contributed by atoms with Gasteiger partial charge in [0.25, 0.3) is 0 Å². The van der Waals surface area contributed by atoms with E-state index in [4.69, 9.17) is 4.42 Å². The van der Waals surface area contributed by atoms with E-state index in [1.54, 1.807) is 19.1 Å². The highest BCUT2D eigenvalue weighted by Gasteiger charge is 2.19. The van der Waals surface area contributed by atoms with E-state index in [-0.39, 0.29) is 23.8 Å². The third kappa shape index (κ3) is 4.38. The summed E-state index contributed by atoms with van der Waals surface area (Å²) in [6.45, 7) is 6.31. The zero-order valence-corrected chi connectivity index (χ0v) is 12.4. The number of amides is 1. The van der Waals surface area contributed by atoms with Gasteiger partial charge in [-0.25, -0.2) is 4.79 Å². The van der Waals surface area contributed by atoms with Crippen LogP contribution in [0.4, 0.5) is 0 Å². The van der Waals surface area contributed by atoms with Gasteiger partial charge in [0.15, 0.2) is 0 Å². The molecule has 6 nitrogen and oxygen atoms in total. The summed E-state index contributed by atoms with van der Waals surface area (Å²) in [4.78, 5) is 23.0. The molecule has 1 rings (SSSR count). The lowest BCUT2D eigenvalue weighted by atomic mass is 10.2. The average Bonchev–Trinajstić information content (AvgIpc) is 2.93. The molecule has 0 saturated carbocycles. The van der Waals surface area contributed by atoms with Crippen LogP contribution >= 0.6 is 0 Å². The number of carbonyl (C=O) groups excluding carboxylic acids is 2. The Morgan fingerprint density at radius 1 is 1.35 bits per heavy atom. The Balaban J connectivity index is 2.57. The van der Waals surface area contributed by atoms with Gasteiger partial charge in [-0.1, -0.05) is 6.92 Å². The molecule has 0 aliphatic rings. The van der Waals surface area contributed by atoms with Gasteiger partial charge in [-0.15, -0.1) is 0 Å². The van der Waals surface area contributed by atoms with E-state index in [0.717, 1.165) is 6.42 Å². The lowest BCUT2D eigenvalue weighted by molar-refractivity contribution is -0.122. The van der Waals surface area contributed by atoms with Crippen molar-refractivity contribution in [3.05, 3.63) is 23.7 Å². The van der Waals surface area contributed by atoms with E-state index < -0.39 is 5.97 Å². The van der Waals surface area contributed by atoms with Crippen LogP contribution in [0.3, 0.4) is 0 Å². The number of methoxy groups -OCH3 is 1. The normalized spacial score (nSPS) is 13.6. The largest absolute Gasteiger partial charge is 0.463 e. The molecule has 6 heteroatoms. The van der Waals surface area contributed by atoms with Crippen molar-refractivity contribution in [3.63, 3.8) is 0 Å². The van der Waals surface area contributed by atoms with Crippen LogP contribution in [0.25, 0.3) is 0 Å². The topological polar surface area (TPSA) is 80.6 Å². The number of esters is 1. The second-order valence-electron chi connectivity index (χ2n) is 4.59. The van der Waals surface area contributed by atoms with Crippen molar-refractivity contribution in [2.24, 2.45) is 0 Å². The molecule has 0 fully saturated rings. The van der Waals surface area contributed by atoms with Gasteiger partial charge >= 0.3 is 5.97 Å². The first-order chi connectivity index (χ1) is 9.49. The fourth-order valence-corrected chi connectivity index (χ4v) is 1.73. The molecule has 1 heterocycles. The predicted octanol–water partition coefficient (Wildman–Crippen LogP) is 1.63. The molecule has 0 aliphatic heterocycles. The van der Waals surface area contributed by atoms with Crippen LogP contribution in [0.2, 0.25) is 0 Å². The van der Waals surface area contributed by atoms with Gasteiger partial charge in [-0.05, 0) is 32.4 Å². The zero-order valence-electron chi connectivity index (χ0n) is 12.4.